The number of carbonyl (C=O) groups is 2. The van der Waals surface area contributed by atoms with Gasteiger partial charge in [-0.15, -0.1) is 0 Å². The first-order chi connectivity index (χ1) is 15.6. The first-order valence-corrected chi connectivity index (χ1v) is 13.7. The largest absolute Gasteiger partial charge is 0.462 e. The van der Waals surface area contributed by atoms with E-state index in [4.69, 9.17) is 6.11 Å². The predicted molar refractivity (Wildman–Crippen MR) is 133 cm³/mol. The molecule has 0 rings (SSSR count). The van der Waals surface area contributed by atoms with Crippen molar-refractivity contribution < 1.29 is 15.7 Å². The molecule has 0 spiro atoms. The van der Waals surface area contributed by atoms with Crippen LogP contribution in [0, 0.1) is 0 Å². The number of ether oxygens (including phenoxy) is 1. The Morgan fingerprint density at radius 1 is 0.677 bits per heavy atom. The Balaban J connectivity index is 3.77. The molecule has 0 unspecified atom stereocenters. The van der Waals surface area contributed by atoms with Gasteiger partial charge in [0.05, 0.1) is 1.37 Å². The van der Waals surface area contributed by atoms with Crippen LogP contribution in [-0.2, 0) is 14.3 Å². The fraction of sp³-hybridized carbons (Fsp3) is 0.929. The summed E-state index contributed by atoms with van der Waals surface area (Å²) in [6.07, 6.45) is 24.7. The van der Waals surface area contributed by atoms with Crippen LogP contribution >= 0.6 is 0 Å². The topological polar surface area (TPSA) is 43.4 Å². The minimum absolute atomic E-state index is 0.0198. The molecule has 31 heavy (non-hydrogen) atoms. The first-order valence-electron chi connectivity index (χ1n) is 14.2. The van der Waals surface area contributed by atoms with Crippen LogP contribution in [0.4, 0.5) is 0 Å². The molecule has 0 aromatic carbocycles. The molecule has 0 aliphatic heterocycles. The highest BCUT2D eigenvalue weighted by atomic mass is 16.5. The summed E-state index contributed by atoms with van der Waals surface area (Å²) in [6.45, 7) is 4.48. The first kappa shape index (κ1) is 28.2. The van der Waals surface area contributed by atoms with Crippen LogP contribution in [0.1, 0.15) is 163 Å². The fourth-order valence-corrected chi connectivity index (χ4v) is 4.07. The zero-order chi connectivity index (χ0) is 23.8. The van der Waals surface area contributed by atoms with Crippen molar-refractivity contribution in [3.63, 3.8) is 0 Å². The van der Waals surface area contributed by atoms with Crippen molar-refractivity contribution in [2.45, 2.75) is 168 Å². The Morgan fingerprint density at radius 2 is 1.06 bits per heavy atom. The molecule has 0 bridgehead atoms. The summed E-state index contributed by atoms with van der Waals surface area (Å²) in [5.41, 5.74) is 0. The van der Waals surface area contributed by atoms with E-state index in [-0.39, 0.29) is 12.4 Å². The summed E-state index contributed by atoms with van der Waals surface area (Å²) in [5.74, 6) is -0.311. The van der Waals surface area contributed by atoms with Gasteiger partial charge in [0.1, 0.15) is 12.4 Å². The van der Waals surface area contributed by atoms with Crippen LogP contribution in [0.3, 0.4) is 0 Å². The molecule has 0 saturated carbocycles. The number of esters is 1. The Morgan fingerprint density at radius 3 is 1.48 bits per heavy atom. The SMILES string of the molecule is [2H][C@](CC=O)(CCCCCCCCCCC)OC(=O)CCCCCCCCCCCCC. The molecule has 1 atom stereocenters. The highest BCUT2D eigenvalue weighted by Gasteiger charge is 2.13. The summed E-state index contributed by atoms with van der Waals surface area (Å²) in [6, 6.07) is 0. The average molecular weight is 440 g/mol. The highest BCUT2D eigenvalue weighted by molar-refractivity contribution is 5.69. The van der Waals surface area contributed by atoms with Crippen LogP contribution < -0.4 is 0 Å². The molecule has 0 aliphatic rings. The van der Waals surface area contributed by atoms with Gasteiger partial charge >= 0.3 is 5.97 Å². The molecule has 0 aromatic heterocycles. The van der Waals surface area contributed by atoms with Gasteiger partial charge in [-0.1, -0.05) is 129 Å². The molecule has 184 valence electrons. The lowest BCUT2D eigenvalue weighted by molar-refractivity contribution is -0.150. The number of hydrogen-bond acceptors (Lipinski definition) is 3. The molecular formula is C28H54O3. The molecule has 0 aliphatic carbocycles. The molecule has 3 nitrogen and oxygen atoms in total. The Bertz CT molecular complexity index is 427. The standard InChI is InChI=1S/C28H54O3/c1-3-5-7-9-11-13-14-16-18-20-22-24-28(30)31-27(25-26-29)23-21-19-17-15-12-10-8-6-4-2/h26-27H,3-25H2,1-2H3/t27-/m1/s1/i27D. The van der Waals surface area contributed by atoms with E-state index in [0.717, 1.165) is 38.4 Å². The second kappa shape index (κ2) is 25.4. The van der Waals surface area contributed by atoms with Crippen LogP contribution in [0.15, 0.2) is 0 Å². The zero-order valence-electron chi connectivity index (χ0n) is 22.1. The quantitative estimate of drug-likeness (QED) is 0.0809. The van der Waals surface area contributed by atoms with Crippen molar-refractivity contribution >= 4 is 12.3 Å². The Hall–Kier alpha value is -0.860. The lowest BCUT2D eigenvalue weighted by atomic mass is 10.0. The third kappa shape index (κ3) is 23.6. The molecule has 0 N–H and O–H groups in total. The summed E-state index contributed by atoms with van der Waals surface area (Å²) in [7, 11) is 0. The lowest BCUT2D eigenvalue weighted by Gasteiger charge is -2.15. The number of hydrogen-bond donors (Lipinski definition) is 0. The highest BCUT2D eigenvalue weighted by Crippen LogP contribution is 2.16. The third-order valence-electron chi connectivity index (χ3n) is 6.11. The molecule has 3 heteroatoms. The van der Waals surface area contributed by atoms with Gasteiger partial charge in [-0.05, 0) is 19.3 Å². The van der Waals surface area contributed by atoms with Crippen molar-refractivity contribution in [3.05, 3.63) is 0 Å². The number of aldehydes is 1. The van der Waals surface area contributed by atoms with Crippen LogP contribution in [-0.4, -0.2) is 18.3 Å². The van der Waals surface area contributed by atoms with Crippen LogP contribution in [0.2, 0.25) is 0 Å². The van der Waals surface area contributed by atoms with Crippen molar-refractivity contribution in [2.24, 2.45) is 0 Å². The zero-order valence-corrected chi connectivity index (χ0v) is 21.1. The van der Waals surface area contributed by atoms with Crippen LogP contribution in [0.5, 0.6) is 0 Å². The van der Waals surface area contributed by atoms with Crippen molar-refractivity contribution in [2.75, 3.05) is 0 Å². The van der Waals surface area contributed by atoms with Crippen molar-refractivity contribution in [3.8, 4) is 0 Å². The van der Waals surface area contributed by atoms with E-state index in [9.17, 15) is 9.59 Å². The van der Waals surface area contributed by atoms with Crippen molar-refractivity contribution in [1.82, 2.24) is 0 Å². The van der Waals surface area contributed by atoms with E-state index >= 15 is 0 Å². The van der Waals surface area contributed by atoms with Gasteiger partial charge in [0, 0.05) is 12.8 Å². The second-order valence-corrected chi connectivity index (χ2v) is 9.25. The van der Waals surface area contributed by atoms with E-state index in [1.165, 1.54) is 96.3 Å². The normalized spacial score (nSPS) is 13.5. The molecule has 0 radical (unpaired) electrons. The maximum Gasteiger partial charge on any atom is 0.306 e. The Kier molecular flexibility index (Phi) is 23.1. The number of carbonyl (C=O) groups excluding carboxylic acids is 2. The third-order valence-corrected chi connectivity index (χ3v) is 6.11. The predicted octanol–water partition coefficient (Wildman–Crippen LogP) is 9.11. The summed E-state index contributed by atoms with van der Waals surface area (Å²) >= 11 is 0. The maximum atomic E-state index is 12.2. The van der Waals surface area contributed by atoms with Gasteiger partial charge < -0.3 is 9.53 Å². The molecule has 0 saturated heterocycles. The average Bonchev–Trinajstić information content (AvgIpc) is 2.76. The van der Waals surface area contributed by atoms with Gasteiger partial charge in [0.2, 0.25) is 0 Å². The van der Waals surface area contributed by atoms with E-state index in [1.54, 1.807) is 0 Å². The molecule has 0 heterocycles. The molecule has 0 amide bonds. The summed E-state index contributed by atoms with van der Waals surface area (Å²) < 4.78 is 13.9. The minimum Gasteiger partial charge on any atom is -0.462 e. The summed E-state index contributed by atoms with van der Waals surface area (Å²) in [5, 5.41) is 0. The van der Waals surface area contributed by atoms with Gasteiger partial charge in [-0.2, -0.15) is 0 Å². The van der Waals surface area contributed by atoms with E-state index in [1.807, 2.05) is 0 Å². The number of rotatable bonds is 25. The van der Waals surface area contributed by atoms with Gasteiger partial charge in [0.15, 0.2) is 0 Å². The molecule has 0 aromatic rings. The minimum atomic E-state index is -1.36. The van der Waals surface area contributed by atoms with Crippen molar-refractivity contribution in [1.29, 1.82) is 0 Å². The maximum absolute atomic E-state index is 12.2. The van der Waals surface area contributed by atoms with E-state index in [0.29, 0.717) is 12.8 Å². The van der Waals surface area contributed by atoms with Gasteiger partial charge in [-0.25, -0.2) is 0 Å². The molecule has 0 fully saturated rings. The van der Waals surface area contributed by atoms with Gasteiger partial charge in [-0.3, -0.25) is 4.79 Å². The Labute approximate surface area is 195 Å². The van der Waals surface area contributed by atoms with E-state index < -0.39 is 6.08 Å². The smallest absolute Gasteiger partial charge is 0.306 e. The monoisotopic (exact) mass is 439 g/mol. The summed E-state index contributed by atoms with van der Waals surface area (Å²) in [4.78, 5) is 23.2. The number of unbranched alkanes of at least 4 members (excludes halogenated alkanes) is 18. The van der Waals surface area contributed by atoms with Crippen LogP contribution in [0.25, 0.3) is 0 Å². The molecular weight excluding hydrogens is 384 g/mol. The second-order valence-electron chi connectivity index (χ2n) is 9.25. The fourth-order valence-electron chi connectivity index (χ4n) is 4.07. The van der Waals surface area contributed by atoms with E-state index in [2.05, 4.69) is 13.8 Å². The lowest BCUT2D eigenvalue weighted by Crippen LogP contribution is -2.18. The van der Waals surface area contributed by atoms with Gasteiger partial charge in [0.25, 0.3) is 0 Å².